The molecule has 0 aliphatic carbocycles. The third-order valence-electron chi connectivity index (χ3n) is 1.40. The molecule has 13 heavy (non-hydrogen) atoms. The fourth-order valence-electron chi connectivity index (χ4n) is 0.541. The molecule has 0 aromatic rings. The summed E-state index contributed by atoms with van der Waals surface area (Å²) < 4.78 is 25.9. The first-order valence-electron chi connectivity index (χ1n) is 4.04. The van der Waals surface area contributed by atoms with Crippen molar-refractivity contribution < 1.29 is 8.94 Å². The second kappa shape index (κ2) is 5.47. The highest BCUT2D eigenvalue weighted by atomic mass is 32.2. The summed E-state index contributed by atoms with van der Waals surface area (Å²) in [6.07, 6.45) is 0.465. The molecule has 0 aliphatic rings. The minimum Gasteiger partial charge on any atom is -0.598 e. The van der Waals surface area contributed by atoms with E-state index in [9.17, 15) is 8.94 Å². The number of likely N-dealkylation sites (N-methyl/N-ethyl adjacent to an activating group) is 1. The Balaban J connectivity index is 3.89. The van der Waals surface area contributed by atoms with Crippen molar-refractivity contribution in [2.45, 2.75) is 25.5 Å². The van der Waals surface area contributed by atoms with Crippen molar-refractivity contribution in [2.75, 3.05) is 13.6 Å². The van der Waals surface area contributed by atoms with Gasteiger partial charge in [0.15, 0.2) is 0 Å². The largest absolute Gasteiger partial charge is 0.598 e. The van der Waals surface area contributed by atoms with Crippen LogP contribution in [-0.4, -0.2) is 22.9 Å². The summed E-state index contributed by atoms with van der Waals surface area (Å²) in [5, 5.41) is 2.65. The van der Waals surface area contributed by atoms with E-state index in [1.807, 2.05) is 20.8 Å². The van der Waals surface area contributed by atoms with Crippen molar-refractivity contribution in [3.63, 3.8) is 0 Å². The van der Waals surface area contributed by atoms with Crippen molar-refractivity contribution in [2.24, 2.45) is 0 Å². The van der Waals surface area contributed by atoms with Gasteiger partial charge in [0, 0.05) is 18.4 Å². The molecule has 0 aliphatic heterocycles. The van der Waals surface area contributed by atoms with E-state index < -0.39 is 11.4 Å². The Morgan fingerprint density at radius 1 is 1.54 bits per heavy atom. The maximum absolute atomic E-state index is 12.0. The Labute approximate surface area is 82.1 Å². The second-order valence-corrected chi connectivity index (χ2v) is 5.64. The lowest BCUT2D eigenvalue weighted by molar-refractivity contribution is 0.545. The van der Waals surface area contributed by atoms with Crippen LogP contribution in [0.3, 0.4) is 0 Å². The van der Waals surface area contributed by atoms with Crippen LogP contribution in [0.1, 0.15) is 20.8 Å². The molecule has 1 unspecified atom stereocenters. The minimum atomic E-state index is -1.16. The van der Waals surface area contributed by atoms with Crippen LogP contribution in [0.2, 0.25) is 0 Å². The molecule has 1 atom stereocenters. The molecule has 0 radical (unpaired) electrons. The molecule has 0 saturated heterocycles. The molecule has 2 N–H and O–H groups in total. The fourth-order valence-corrected chi connectivity index (χ4v) is 1.26. The maximum Gasteiger partial charge on any atom is 0.136 e. The van der Waals surface area contributed by atoms with Gasteiger partial charge in [0.1, 0.15) is 11.1 Å². The van der Waals surface area contributed by atoms with E-state index in [-0.39, 0.29) is 11.3 Å². The first-order chi connectivity index (χ1) is 5.91. The molecule has 78 valence electrons. The Kier molecular flexibility index (Phi) is 5.36. The van der Waals surface area contributed by atoms with Crippen molar-refractivity contribution in [3.05, 3.63) is 12.0 Å². The smallest absolute Gasteiger partial charge is 0.136 e. The Bertz CT molecular complexity index is 179. The number of rotatable bonds is 4. The van der Waals surface area contributed by atoms with Gasteiger partial charge in [-0.2, -0.15) is 0 Å². The number of hydrogen-bond donors (Lipinski definition) is 2. The van der Waals surface area contributed by atoms with E-state index in [0.29, 0.717) is 12.0 Å². The molecular weight excluding hydrogens is 191 g/mol. The highest BCUT2D eigenvalue weighted by molar-refractivity contribution is 7.90. The molecule has 0 bridgehead atoms. The summed E-state index contributed by atoms with van der Waals surface area (Å²) in [5.41, 5.74) is 0.387. The van der Waals surface area contributed by atoms with Gasteiger partial charge in [0.25, 0.3) is 0 Å². The summed E-state index contributed by atoms with van der Waals surface area (Å²) in [7, 11) is 1.62. The summed E-state index contributed by atoms with van der Waals surface area (Å²) in [6.45, 7) is 5.81. The van der Waals surface area contributed by atoms with Gasteiger partial charge in [-0.05, 0) is 20.8 Å². The van der Waals surface area contributed by atoms with E-state index in [1.54, 1.807) is 7.05 Å². The fraction of sp³-hybridized carbons (Fsp3) is 0.750. The van der Waals surface area contributed by atoms with Crippen LogP contribution in [0, 0.1) is 0 Å². The van der Waals surface area contributed by atoms with Gasteiger partial charge in [-0.3, -0.25) is 0 Å². The lowest BCUT2D eigenvalue weighted by Crippen LogP contribution is -2.41. The summed E-state index contributed by atoms with van der Waals surface area (Å²) in [4.78, 5) is 0. The number of halogens is 1. The van der Waals surface area contributed by atoms with Gasteiger partial charge in [-0.15, -0.1) is 4.72 Å². The lowest BCUT2D eigenvalue weighted by Gasteiger charge is -2.23. The Morgan fingerprint density at radius 3 is 2.38 bits per heavy atom. The molecule has 0 spiro atoms. The molecule has 0 fully saturated rings. The maximum atomic E-state index is 12.0. The average molecular weight is 208 g/mol. The molecule has 3 nitrogen and oxygen atoms in total. The molecular formula is C8H17FN2OS. The van der Waals surface area contributed by atoms with Crippen LogP contribution in [0.4, 0.5) is 4.39 Å². The molecule has 0 aromatic heterocycles. The van der Waals surface area contributed by atoms with Crippen LogP contribution >= 0.6 is 0 Å². The minimum absolute atomic E-state index is 0.247. The first kappa shape index (κ1) is 12.7. The summed E-state index contributed by atoms with van der Waals surface area (Å²) >= 11 is -1.16. The lowest BCUT2D eigenvalue weighted by atomic mass is 10.3. The normalized spacial score (nSPS) is 15.7. The third kappa shape index (κ3) is 5.13. The highest BCUT2D eigenvalue weighted by Crippen LogP contribution is 2.12. The third-order valence-corrected chi connectivity index (χ3v) is 2.92. The SMILES string of the molecule is CN/C(=C/F)CN[S+]([O-])C(C)(C)C. The molecule has 0 rings (SSSR count). The topological polar surface area (TPSA) is 47.1 Å². The molecule has 0 heterocycles. The van der Waals surface area contributed by atoms with E-state index in [0.717, 1.165) is 0 Å². The van der Waals surface area contributed by atoms with Crippen molar-refractivity contribution in [1.82, 2.24) is 10.0 Å². The van der Waals surface area contributed by atoms with Gasteiger partial charge in [0.2, 0.25) is 0 Å². The van der Waals surface area contributed by atoms with Gasteiger partial charge in [0.05, 0.1) is 12.2 Å². The van der Waals surface area contributed by atoms with Crippen molar-refractivity contribution in [3.8, 4) is 0 Å². The zero-order valence-electron chi connectivity index (χ0n) is 8.48. The van der Waals surface area contributed by atoms with E-state index in [1.165, 1.54) is 0 Å². The predicted molar refractivity (Wildman–Crippen MR) is 54.1 cm³/mol. The van der Waals surface area contributed by atoms with E-state index in [4.69, 9.17) is 0 Å². The number of hydrogen-bond acceptors (Lipinski definition) is 3. The van der Waals surface area contributed by atoms with E-state index in [2.05, 4.69) is 10.0 Å². The summed E-state index contributed by atoms with van der Waals surface area (Å²) in [6, 6.07) is 0. The van der Waals surface area contributed by atoms with Crippen LogP contribution in [0.5, 0.6) is 0 Å². The molecule has 0 saturated carbocycles. The molecule has 5 heteroatoms. The van der Waals surface area contributed by atoms with Gasteiger partial charge < -0.3 is 9.87 Å². The van der Waals surface area contributed by atoms with Crippen LogP contribution in [0.25, 0.3) is 0 Å². The standard InChI is InChI=1S/C8H17FN2OS/c1-8(2,3)13(12)11-6-7(5-9)10-4/h5,10-11H,6H2,1-4H3/b7-5+. The Hall–Kier alpha value is -0.260. The quantitative estimate of drug-likeness (QED) is 0.679. The zero-order chi connectivity index (χ0) is 10.5. The highest BCUT2D eigenvalue weighted by Gasteiger charge is 2.25. The van der Waals surface area contributed by atoms with Crippen LogP contribution < -0.4 is 10.0 Å². The monoisotopic (exact) mass is 208 g/mol. The average Bonchev–Trinajstić information content (AvgIpc) is 2.04. The first-order valence-corrected chi connectivity index (χ1v) is 5.19. The zero-order valence-corrected chi connectivity index (χ0v) is 9.30. The predicted octanol–water partition coefficient (Wildman–Crippen LogP) is 1.07. The van der Waals surface area contributed by atoms with Crippen molar-refractivity contribution in [1.29, 1.82) is 0 Å². The van der Waals surface area contributed by atoms with Gasteiger partial charge in [-0.1, -0.05) is 0 Å². The van der Waals surface area contributed by atoms with Crippen LogP contribution in [0.15, 0.2) is 12.0 Å². The van der Waals surface area contributed by atoms with Crippen LogP contribution in [-0.2, 0) is 11.4 Å². The molecule has 0 aromatic carbocycles. The van der Waals surface area contributed by atoms with Gasteiger partial charge >= 0.3 is 0 Å². The van der Waals surface area contributed by atoms with E-state index >= 15 is 0 Å². The molecule has 0 amide bonds. The second-order valence-electron chi connectivity index (χ2n) is 3.59. The Morgan fingerprint density at radius 2 is 2.08 bits per heavy atom. The van der Waals surface area contributed by atoms with Crippen molar-refractivity contribution >= 4 is 11.4 Å². The summed E-state index contributed by atoms with van der Waals surface area (Å²) in [5.74, 6) is 0. The number of nitrogens with one attached hydrogen (secondary N) is 2. The van der Waals surface area contributed by atoms with Gasteiger partial charge in [-0.25, -0.2) is 4.39 Å².